The molecule has 1 amide bonds. The molecule has 25 heavy (non-hydrogen) atoms. The summed E-state index contributed by atoms with van der Waals surface area (Å²) in [6, 6.07) is 12.4. The molecule has 2 heterocycles. The molecule has 0 spiro atoms. The lowest BCUT2D eigenvalue weighted by atomic mass is 10.1. The van der Waals surface area contributed by atoms with Crippen LogP contribution in [0.25, 0.3) is 0 Å². The standard InChI is InChI=1S/C19H25N5O/c1-14-13-18(21-15(2)17-7-5-4-6-8-17)22-19(20-14)24-11-9-23(10-12-24)16(3)25/h4-8,13,15H,9-12H2,1-3H3,(H,20,21,22). The average Bonchev–Trinajstić information content (AvgIpc) is 2.62. The number of aryl methyl sites for hydroxylation is 1. The fraction of sp³-hybridized carbons (Fsp3) is 0.421. The van der Waals surface area contributed by atoms with Gasteiger partial charge in [0.2, 0.25) is 11.9 Å². The molecule has 0 saturated carbocycles. The van der Waals surface area contributed by atoms with Crippen LogP contribution in [0.2, 0.25) is 0 Å². The van der Waals surface area contributed by atoms with Gasteiger partial charge in [0.15, 0.2) is 0 Å². The zero-order chi connectivity index (χ0) is 17.8. The quantitative estimate of drug-likeness (QED) is 0.928. The van der Waals surface area contributed by atoms with Crippen molar-refractivity contribution in [2.45, 2.75) is 26.8 Å². The number of hydrogen-bond acceptors (Lipinski definition) is 5. The van der Waals surface area contributed by atoms with E-state index in [2.05, 4.69) is 34.3 Å². The third-order valence-electron chi connectivity index (χ3n) is 4.51. The number of rotatable bonds is 4. The molecule has 132 valence electrons. The van der Waals surface area contributed by atoms with E-state index < -0.39 is 0 Å². The van der Waals surface area contributed by atoms with Crippen LogP contribution in [0.5, 0.6) is 0 Å². The van der Waals surface area contributed by atoms with Gasteiger partial charge in [0, 0.05) is 50.9 Å². The SMILES string of the molecule is CC(=O)N1CCN(c2nc(C)cc(NC(C)c3ccccc3)n2)CC1. The van der Waals surface area contributed by atoms with Crippen molar-refractivity contribution in [3.05, 3.63) is 47.7 Å². The number of benzene rings is 1. The molecule has 6 heteroatoms. The van der Waals surface area contributed by atoms with Gasteiger partial charge in [-0.2, -0.15) is 4.98 Å². The van der Waals surface area contributed by atoms with E-state index in [1.807, 2.05) is 36.1 Å². The number of amides is 1. The zero-order valence-electron chi connectivity index (χ0n) is 15.1. The second kappa shape index (κ2) is 7.51. The molecule has 1 N–H and O–H groups in total. The van der Waals surface area contributed by atoms with E-state index in [4.69, 9.17) is 4.98 Å². The maximum atomic E-state index is 11.5. The predicted octanol–water partition coefficient (Wildman–Crippen LogP) is 2.63. The van der Waals surface area contributed by atoms with E-state index in [-0.39, 0.29) is 11.9 Å². The lowest BCUT2D eigenvalue weighted by Gasteiger charge is -2.34. The van der Waals surface area contributed by atoms with Gasteiger partial charge in [-0.05, 0) is 19.4 Å². The van der Waals surface area contributed by atoms with Gasteiger partial charge in [0.05, 0.1) is 0 Å². The van der Waals surface area contributed by atoms with Crippen molar-refractivity contribution < 1.29 is 4.79 Å². The highest BCUT2D eigenvalue weighted by Crippen LogP contribution is 2.21. The molecule has 1 aliphatic heterocycles. The molecule has 1 atom stereocenters. The summed E-state index contributed by atoms with van der Waals surface area (Å²) < 4.78 is 0. The molecule has 1 aromatic heterocycles. The Bertz CT molecular complexity index is 726. The van der Waals surface area contributed by atoms with Crippen LogP contribution in [0, 0.1) is 6.92 Å². The van der Waals surface area contributed by atoms with Crippen LogP contribution in [0.4, 0.5) is 11.8 Å². The molecular weight excluding hydrogens is 314 g/mol. The molecule has 1 aliphatic rings. The van der Waals surface area contributed by atoms with Crippen LogP contribution in [-0.4, -0.2) is 47.0 Å². The second-order valence-electron chi connectivity index (χ2n) is 6.46. The molecular formula is C19H25N5O. The lowest BCUT2D eigenvalue weighted by molar-refractivity contribution is -0.129. The number of nitrogens with one attached hydrogen (secondary N) is 1. The summed E-state index contributed by atoms with van der Waals surface area (Å²) in [5.41, 5.74) is 2.15. The van der Waals surface area contributed by atoms with Crippen molar-refractivity contribution in [3.8, 4) is 0 Å². The number of carbonyl (C=O) groups is 1. The van der Waals surface area contributed by atoms with E-state index in [9.17, 15) is 4.79 Å². The van der Waals surface area contributed by atoms with Crippen LogP contribution < -0.4 is 10.2 Å². The van der Waals surface area contributed by atoms with Gasteiger partial charge < -0.3 is 15.1 Å². The van der Waals surface area contributed by atoms with Gasteiger partial charge >= 0.3 is 0 Å². The van der Waals surface area contributed by atoms with Gasteiger partial charge in [-0.15, -0.1) is 0 Å². The minimum atomic E-state index is 0.129. The van der Waals surface area contributed by atoms with Crippen LogP contribution in [0.15, 0.2) is 36.4 Å². The Labute approximate surface area is 148 Å². The average molecular weight is 339 g/mol. The van der Waals surface area contributed by atoms with Crippen molar-refractivity contribution in [1.82, 2.24) is 14.9 Å². The fourth-order valence-corrected chi connectivity index (χ4v) is 3.04. The van der Waals surface area contributed by atoms with Crippen LogP contribution in [0.1, 0.15) is 31.1 Å². The van der Waals surface area contributed by atoms with Crippen molar-refractivity contribution in [1.29, 1.82) is 0 Å². The summed E-state index contributed by atoms with van der Waals surface area (Å²) in [4.78, 5) is 24.8. The summed E-state index contributed by atoms with van der Waals surface area (Å²) in [5.74, 6) is 1.68. The van der Waals surface area contributed by atoms with E-state index in [1.54, 1.807) is 6.92 Å². The highest BCUT2D eigenvalue weighted by atomic mass is 16.2. The van der Waals surface area contributed by atoms with Gasteiger partial charge in [-0.1, -0.05) is 30.3 Å². The summed E-state index contributed by atoms with van der Waals surface area (Å²) in [6.45, 7) is 8.68. The van der Waals surface area contributed by atoms with E-state index in [0.29, 0.717) is 0 Å². The predicted molar refractivity (Wildman–Crippen MR) is 99.7 cm³/mol. The van der Waals surface area contributed by atoms with Crippen molar-refractivity contribution in [2.24, 2.45) is 0 Å². The minimum absolute atomic E-state index is 0.129. The number of aromatic nitrogens is 2. The van der Waals surface area contributed by atoms with E-state index in [0.717, 1.165) is 43.6 Å². The number of nitrogens with zero attached hydrogens (tertiary/aromatic N) is 4. The Balaban J connectivity index is 1.72. The molecule has 2 aromatic rings. The van der Waals surface area contributed by atoms with Crippen LogP contribution in [-0.2, 0) is 4.79 Å². The monoisotopic (exact) mass is 339 g/mol. The Morgan fingerprint density at radius 2 is 1.80 bits per heavy atom. The Hall–Kier alpha value is -2.63. The molecule has 0 radical (unpaired) electrons. The van der Waals surface area contributed by atoms with Gasteiger partial charge in [0.1, 0.15) is 5.82 Å². The number of anilines is 2. The highest BCUT2D eigenvalue weighted by molar-refractivity contribution is 5.73. The number of piperazine rings is 1. The minimum Gasteiger partial charge on any atom is -0.363 e. The first-order chi connectivity index (χ1) is 12.0. The van der Waals surface area contributed by atoms with E-state index in [1.165, 1.54) is 5.56 Å². The van der Waals surface area contributed by atoms with Gasteiger partial charge in [0.25, 0.3) is 0 Å². The summed E-state index contributed by atoms with van der Waals surface area (Å²) in [5, 5.41) is 3.46. The smallest absolute Gasteiger partial charge is 0.227 e. The molecule has 3 rings (SSSR count). The van der Waals surface area contributed by atoms with E-state index >= 15 is 0 Å². The molecule has 0 aliphatic carbocycles. The zero-order valence-corrected chi connectivity index (χ0v) is 15.1. The Kier molecular flexibility index (Phi) is 5.16. The maximum Gasteiger partial charge on any atom is 0.227 e. The Morgan fingerprint density at radius 1 is 1.12 bits per heavy atom. The lowest BCUT2D eigenvalue weighted by Crippen LogP contribution is -2.48. The molecule has 1 saturated heterocycles. The van der Waals surface area contributed by atoms with Crippen LogP contribution >= 0.6 is 0 Å². The first kappa shape index (κ1) is 17.2. The largest absolute Gasteiger partial charge is 0.363 e. The number of carbonyl (C=O) groups excluding carboxylic acids is 1. The van der Waals surface area contributed by atoms with Crippen molar-refractivity contribution in [2.75, 3.05) is 36.4 Å². The highest BCUT2D eigenvalue weighted by Gasteiger charge is 2.21. The maximum absolute atomic E-state index is 11.5. The fourth-order valence-electron chi connectivity index (χ4n) is 3.04. The first-order valence-electron chi connectivity index (χ1n) is 8.70. The first-order valence-corrected chi connectivity index (χ1v) is 8.70. The molecule has 0 bridgehead atoms. The molecule has 1 aromatic carbocycles. The Morgan fingerprint density at radius 3 is 2.44 bits per heavy atom. The van der Waals surface area contributed by atoms with Gasteiger partial charge in [-0.25, -0.2) is 4.98 Å². The summed E-state index contributed by atoms with van der Waals surface area (Å²) in [6.07, 6.45) is 0. The topological polar surface area (TPSA) is 61.4 Å². The van der Waals surface area contributed by atoms with Crippen molar-refractivity contribution >= 4 is 17.7 Å². The number of hydrogen-bond donors (Lipinski definition) is 1. The van der Waals surface area contributed by atoms with Crippen molar-refractivity contribution in [3.63, 3.8) is 0 Å². The molecule has 6 nitrogen and oxygen atoms in total. The molecule has 1 fully saturated rings. The summed E-state index contributed by atoms with van der Waals surface area (Å²) in [7, 11) is 0. The summed E-state index contributed by atoms with van der Waals surface area (Å²) >= 11 is 0. The van der Waals surface area contributed by atoms with Crippen LogP contribution in [0.3, 0.4) is 0 Å². The molecule has 1 unspecified atom stereocenters. The second-order valence-corrected chi connectivity index (χ2v) is 6.46. The third kappa shape index (κ3) is 4.26. The third-order valence-corrected chi connectivity index (χ3v) is 4.51. The normalized spacial score (nSPS) is 15.8. The van der Waals surface area contributed by atoms with Gasteiger partial charge in [-0.3, -0.25) is 4.79 Å².